The molecule has 164 valence electrons. The van der Waals surface area contributed by atoms with Gasteiger partial charge in [0, 0.05) is 5.56 Å². The van der Waals surface area contributed by atoms with Crippen LogP contribution in [0.1, 0.15) is 30.6 Å². The van der Waals surface area contributed by atoms with Gasteiger partial charge in [0.2, 0.25) is 0 Å². The van der Waals surface area contributed by atoms with Gasteiger partial charge < -0.3 is 5.73 Å². The number of fused-ring (bicyclic) bond motifs is 3. The van der Waals surface area contributed by atoms with Crippen LogP contribution in [0.25, 0.3) is 32.8 Å². The van der Waals surface area contributed by atoms with Gasteiger partial charge in [-0.15, -0.1) is 6.58 Å². The minimum atomic E-state index is -0.370. The number of benzene rings is 4. The SMILES string of the molecule is C=CCC.NC(c1cccc(-c2ccc(F)cc2)n1)c1cc2ccccc2c2ccccc12. The first kappa shape index (κ1) is 22.4. The Hall–Kier alpha value is -3.82. The molecule has 5 aromatic rings. The molecule has 4 aromatic carbocycles. The van der Waals surface area contributed by atoms with Gasteiger partial charge in [-0.1, -0.05) is 67.6 Å². The third kappa shape index (κ3) is 4.84. The van der Waals surface area contributed by atoms with Crippen molar-refractivity contribution >= 4 is 21.5 Å². The average Bonchev–Trinajstić information content (AvgIpc) is 2.88. The smallest absolute Gasteiger partial charge is 0.123 e. The molecule has 2 nitrogen and oxygen atoms in total. The largest absolute Gasteiger partial charge is 0.319 e. The highest BCUT2D eigenvalue weighted by molar-refractivity contribution is 6.09. The number of halogens is 1. The van der Waals surface area contributed by atoms with Gasteiger partial charge in [-0.3, -0.25) is 4.98 Å². The van der Waals surface area contributed by atoms with E-state index in [1.165, 1.54) is 22.9 Å². The Bertz CT molecular complexity index is 1390. The normalized spacial score (nSPS) is 11.6. The Morgan fingerprint density at radius 1 is 0.848 bits per heavy atom. The van der Waals surface area contributed by atoms with Crippen molar-refractivity contribution in [2.45, 2.75) is 19.4 Å². The van der Waals surface area contributed by atoms with Crippen molar-refractivity contribution in [3.05, 3.63) is 127 Å². The maximum Gasteiger partial charge on any atom is 0.123 e. The van der Waals surface area contributed by atoms with E-state index >= 15 is 0 Å². The van der Waals surface area contributed by atoms with Crippen molar-refractivity contribution in [2.24, 2.45) is 5.73 Å². The topological polar surface area (TPSA) is 38.9 Å². The quantitative estimate of drug-likeness (QED) is 0.231. The minimum absolute atomic E-state index is 0.260. The predicted molar refractivity (Wildman–Crippen MR) is 138 cm³/mol. The van der Waals surface area contributed by atoms with Crippen molar-refractivity contribution in [3.8, 4) is 11.3 Å². The molecule has 1 heterocycles. The molecule has 0 saturated heterocycles. The Labute approximate surface area is 194 Å². The first-order valence-corrected chi connectivity index (χ1v) is 11.1. The lowest BCUT2D eigenvalue weighted by atomic mass is 9.92. The minimum Gasteiger partial charge on any atom is -0.319 e. The first-order chi connectivity index (χ1) is 16.1. The highest BCUT2D eigenvalue weighted by Gasteiger charge is 2.16. The van der Waals surface area contributed by atoms with E-state index in [9.17, 15) is 4.39 Å². The van der Waals surface area contributed by atoms with Gasteiger partial charge in [0.05, 0.1) is 17.4 Å². The van der Waals surface area contributed by atoms with Crippen molar-refractivity contribution < 1.29 is 4.39 Å². The van der Waals surface area contributed by atoms with Gasteiger partial charge in [0.25, 0.3) is 0 Å². The third-order valence-electron chi connectivity index (χ3n) is 5.65. The molecule has 0 radical (unpaired) electrons. The molecule has 0 aliphatic carbocycles. The molecule has 0 bridgehead atoms. The van der Waals surface area contributed by atoms with Crippen LogP contribution >= 0.6 is 0 Å². The number of nitrogens with zero attached hydrogens (tertiary/aromatic N) is 1. The van der Waals surface area contributed by atoms with Crippen LogP contribution in [-0.2, 0) is 0 Å². The monoisotopic (exact) mass is 434 g/mol. The van der Waals surface area contributed by atoms with Gasteiger partial charge in [0.1, 0.15) is 5.82 Å². The summed E-state index contributed by atoms with van der Waals surface area (Å²) in [5.74, 6) is -0.260. The fourth-order valence-electron chi connectivity index (χ4n) is 3.91. The number of pyridine rings is 1. The number of hydrogen-bond acceptors (Lipinski definition) is 2. The summed E-state index contributed by atoms with van der Waals surface area (Å²) in [5, 5.41) is 4.69. The second-order valence-electron chi connectivity index (χ2n) is 7.86. The Kier molecular flexibility index (Phi) is 6.92. The Balaban J connectivity index is 0.000000601. The van der Waals surface area contributed by atoms with Crippen LogP contribution < -0.4 is 5.73 Å². The number of allylic oxidation sites excluding steroid dienone is 1. The maximum atomic E-state index is 13.3. The molecule has 0 aliphatic rings. The van der Waals surface area contributed by atoms with E-state index in [0.29, 0.717) is 0 Å². The first-order valence-electron chi connectivity index (χ1n) is 11.1. The lowest BCUT2D eigenvalue weighted by molar-refractivity contribution is 0.628. The van der Waals surface area contributed by atoms with Crippen LogP contribution in [0, 0.1) is 5.82 Å². The molecule has 33 heavy (non-hydrogen) atoms. The number of aromatic nitrogens is 1. The summed E-state index contributed by atoms with van der Waals surface area (Å²) in [6, 6.07) is 30.7. The molecule has 0 saturated carbocycles. The van der Waals surface area contributed by atoms with E-state index < -0.39 is 0 Å². The van der Waals surface area contributed by atoms with Crippen LogP contribution in [0.15, 0.2) is 110 Å². The summed E-state index contributed by atoms with van der Waals surface area (Å²) in [6.45, 7) is 5.54. The fraction of sp³-hybridized carbons (Fsp3) is 0.100. The highest BCUT2D eigenvalue weighted by Crippen LogP contribution is 2.33. The van der Waals surface area contributed by atoms with Gasteiger partial charge in [-0.2, -0.15) is 0 Å². The summed E-state index contributed by atoms with van der Waals surface area (Å²) >= 11 is 0. The second kappa shape index (κ2) is 10.2. The summed E-state index contributed by atoms with van der Waals surface area (Å²) < 4.78 is 13.3. The van der Waals surface area contributed by atoms with E-state index in [1.807, 2.05) is 36.4 Å². The molecule has 1 atom stereocenters. The summed E-state index contributed by atoms with van der Waals surface area (Å²) in [6.07, 6.45) is 2.96. The van der Waals surface area contributed by atoms with Crippen molar-refractivity contribution in [1.82, 2.24) is 4.98 Å². The number of hydrogen-bond donors (Lipinski definition) is 1. The molecular weight excluding hydrogens is 407 g/mol. The molecule has 1 aromatic heterocycles. The maximum absolute atomic E-state index is 13.3. The second-order valence-corrected chi connectivity index (χ2v) is 7.86. The fourth-order valence-corrected chi connectivity index (χ4v) is 3.91. The molecular formula is C30H27FN2. The van der Waals surface area contributed by atoms with Gasteiger partial charge in [0.15, 0.2) is 0 Å². The van der Waals surface area contributed by atoms with Crippen LogP contribution in [0.3, 0.4) is 0 Å². The predicted octanol–water partition coefficient (Wildman–Crippen LogP) is 7.82. The molecule has 0 aliphatic heterocycles. The van der Waals surface area contributed by atoms with Crippen molar-refractivity contribution in [3.63, 3.8) is 0 Å². The number of rotatable bonds is 4. The van der Waals surface area contributed by atoms with Crippen molar-refractivity contribution in [2.75, 3.05) is 0 Å². The van der Waals surface area contributed by atoms with Crippen molar-refractivity contribution in [1.29, 1.82) is 0 Å². The van der Waals surface area contributed by atoms with E-state index in [0.717, 1.165) is 39.7 Å². The summed E-state index contributed by atoms with van der Waals surface area (Å²) in [5.41, 5.74) is 10.2. The zero-order valence-electron chi connectivity index (χ0n) is 18.7. The number of nitrogens with two attached hydrogens (primary N) is 1. The van der Waals surface area contributed by atoms with E-state index in [-0.39, 0.29) is 11.9 Å². The van der Waals surface area contributed by atoms with Gasteiger partial charge in [-0.05, 0) is 76.0 Å². The van der Waals surface area contributed by atoms with Crippen LogP contribution in [0.2, 0.25) is 0 Å². The average molecular weight is 435 g/mol. The molecule has 5 rings (SSSR count). The van der Waals surface area contributed by atoms with E-state index in [4.69, 9.17) is 10.7 Å². The van der Waals surface area contributed by atoms with E-state index in [1.54, 1.807) is 12.1 Å². The third-order valence-corrected chi connectivity index (χ3v) is 5.65. The molecule has 0 fully saturated rings. The van der Waals surface area contributed by atoms with Gasteiger partial charge >= 0.3 is 0 Å². The standard InChI is InChI=1S/C26H19FN2.C4H8/c27-19-14-12-17(13-15-19)24-10-5-11-25(29-24)26(28)23-16-18-6-1-2-7-20(18)21-8-3-4-9-22(21)23;1-3-4-2/h1-16,26H,28H2;3H,1,4H2,2H3. The van der Waals surface area contributed by atoms with E-state index in [2.05, 4.69) is 56.0 Å². The Morgan fingerprint density at radius 2 is 1.48 bits per heavy atom. The lowest BCUT2D eigenvalue weighted by Gasteiger charge is -2.17. The summed E-state index contributed by atoms with van der Waals surface area (Å²) in [7, 11) is 0. The van der Waals surface area contributed by atoms with Crippen LogP contribution in [0.5, 0.6) is 0 Å². The zero-order chi connectivity index (χ0) is 23.2. The zero-order valence-corrected chi connectivity index (χ0v) is 18.7. The molecule has 2 N–H and O–H groups in total. The highest BCUT2D eigenvalue weighted by atomic mass is 19.1. The lowest BCUT2D eigenvalue weighted by Crippen LogP contribution is -2.14. The molecule has 3 heteroatoms. The van der Waals surface area contributed by atoms with Gasteiger partial charge in [-0.25, -0.2) is 4.39 Å². The Morgan fingerprint density at radius 3 is 2.18 bits per heavy atom. The molecule has 0 amide bonds. The van der Waals surface area contributed by atoms with Crippen LogP contribution in [0.4, 0.5) is 4.39 Å². The molecule has 1 unspecified atom stereocenters. The van der Waals surface area contributed by atoms with Crippen LogP contribution in [-0.4, -0.2) is 4.98 Å². The summed E-state index contributed by atoms with van der Waals surface area (Å²) in [4.78, 5) is 4.79. The molecule has 0 spiro atoms.